The van der Waals surface area contributed by atoms with E-state index >= 15 is 0 Å². The van der Waals surface area contributed by atoms with Gasteiger partial charge < -0.3 is 10.4 Å². The van der Waals surface area contributed by atoms with Crippen molar-refractivity contribution >= 4 is 5.91 Å². The molecule has 0 aromatic carbocycles. The number of aryl methyl sites for hydroxylation is 1. The Morgan fingerprint density at radius 2 is 2.12 bits per heavy atom. The van der Waals surface area contributed by atoms with E-state index in [-0.39, 0.29) is 18.1 Å². The highest BCUT2D eigenvalue weighted by atomic mass is 16.3. The number of aliphatic hydroxyl groups excluding tert-OH is 1. The van der Waals surface area contributed by atoms with Crippen LogP contribution in [-0.2, 0) is 13.0 Å². The molecule has 0 saturated heterocycles. The van der Waals surface area contributed by atoms with E-state index in [0.717, 1.165) is 37.1 Å². The van der Waals surface area contributed by atoms with E-state index in [1.165, 1.54) is 0 Å². The summed E-state index contributed by atoms with van der Waals surface area (Å²) < 4.78 is 1.82. The van der Waals surface area contributed by atoms with Gasteiger partial charge in [0.15, 0.2) is 0 Å². The predicted molar refractivity (Wildman–Crippen MR) is 90.6 cm³/mol. The highest BCUT2D eigenvalue weighted by molar-refractivity contribution is 5.95. The minimum atomic E-state index is -0.239. The third kappa shape index (κ3) is 3.48. The number of carbonyl (C=O) groups is 1. The summed E-state index contributed by atoms with van der Waals surface area (Å²) >= 11 is 0. The summed E-state index contributed by atoms with van der Waals surface area (Å²) in [6.07, 6.45) is 7.14. The molecule has 128 valence electrons. The molecule has 1 unspecified atom stereocenters. The molecule has 1 fully saturated rings. The van der Waals surface area contributed by atoms with Crippen molar-refractivity contribution in [1.29, 1.82) is 0 Å². The minimum Gasteiger partial charge on any atom is -0.393 e. The number of aromatic nitrogens is 3. The quantitative estimate of drug-likeness (QED) is 0.846. The monoisotopic (exact) mass is 328 g/mol. The van der Waals surface area contributed by atoms with Crippen LogP contribution in [0.25, 0.3) is 0 Å². The molecule has 2 aromatic rings. The van der Waals surface area contributed by atoms with Crippen molar-refractivity contribution in [3.8, 4) is 0 Å². The van der Waals surface area contributed by atoms with Crippen molar-refractivity contribution in [2.24, 2.45) is 5.92 Å². The molecule has 6 heteroatoms. The van der Waals surface area contributed by atoms with Gasteiger partial charge in [-0.2, -0.15) is 5.10 Å². The summed E-state index contributed by atoms with van der Waals surface area (Å²) in [5.41, 5.74) is 2.64. The third-order valence-electron chi connectivity index (χ3n) is 4.89. The maximum Gasteiger partial charge on any atom is 0.254 e. The Labute approximate surface area is 141 Å². The first-order valence-corrected chi connectivity index (χ1v) is 8.48. The van der Waals surface area contributed by atoms with Gasteiger partial charge in [-0.3, -0.25) is 14.5 Å². The lowest BCUT2D eigenvalue weighted by Gasteiger charge is -2.38. The van der Waals surface area contributed by atoms with Crippen LogP contribution in [0.4, 0.5) is 0 Å². The van der Waals surface area contributed by atoms with Crippen molar-refractivity contribution < 1.29 is 9.90 Å². The normalized spacial score (nSPS) is 21.1. The number of nitrogens with one attached hydrogen (secondary N) is 1. The fourth-order valence-electron chi connectivity index (χ4n) is 3.30. The van der Waals surface area contributed by atoms with Gasteiger partial charge in [0.1, 0.15) is 0 Å². The molecule has 6 nitrogen and oxygen atoms in total. The Balaban J connectivity index is 1.73. The van der Waals surface area contributed by atoms with E-state index < -0.39 is 0 Å². The van der Waals surface area contributed by atoms with Gasteiger partial charge >= 0.3 is 0 Å². The molecule has 2 N–H and O–H groups in total. The van der Waals surface area contributed by atoms with E-state index in [2.05, 4.69) is 15.4 Å². The summed E-state index contributed by atoms with van der Waals surface area (Å²) in [4.78, 5) is 16.7. The second-order valence-electron chi connectivity index (χ2n) is 6.48. The number of nitrogens with zero attached hydrogens (tertiary/aromatic N) is 3. The molecular weight excluding hydrogens is 304 g/mol. The molecular formula is C18H24N4O2. The molecule has 0 bridgehead atoms. The number of hydrogen-bond donors (Lipinski definition) is 2. The van der Waals surface area contributed by atoms with Crippen LogP contribution in [0.15, 0.2) is 30.7 Å². The molecule has 24 heavy (non-hydrogen) atoms. The summed E-state index contributed by atoms with van der Waals surface area (Å²) in [6, 6.07) is 3.94. The maximum atomic E-state index is 12.7. The molecule has 3 rings (SSSR count). The average Bonchev–Trinajstić information content (AvgIpc) is 2.93. The van der Waals surface area contributed by atoms with Gasteiger partial charge in [-0.25, -0.2) is 0 Å². The van der Waals surface area contributed by atoms with Gasteiger partial charge in [-0.1, -0.05) is 0 Å². The third-order valence-corrected chi connectivity index (χ3v) is 4.89. The van der Waals surface area contributed by atoms with Crippen LogP contribution in [0.2, 0.25) is 0 Å². The first-order valence-electron chi connectivity index (χ1n) is 8.48. The first kappa shape index (κ1) is 16.6. The van der Waals surface area contributed by atoms with Crippen LogP contribution in [0.1, 0.15) is 41.4 Å². The van der Waals surface area contributed by atoms with Crippen LogP contribution in [0.3, 0.4) is 0 Å². The number of carbonyl (C=O) groups excluding carboxylic acids is 1. The molecule has 0 spiro atoms. The zero-order valence-corrected chi connectivity index (χ0v) is 14.1. The van der Waals surface area contributed by atoms with Gasteiger partial charge in [0.25, 0.3) is 5.91 Å². The molecule has 2 aromatic heterocycles. The SMILES string of the molecule is CCn1ncc(C(=O)NC(Cc2ccncc2)C2CC(O)C2)c1C. The number of pyridine rings is 1. The van der Waals surface area contributed by atoms with E-state index in [4.69, 9.17) is 0 Å². The Kier molecular flexibility index (Phi) is 4.94. The van der Waals surface area contributed by atoms with E-state index in [9.17, 15) is 9.90 Å². The summed E-state index contributed by atoms with van der Waals surface area (Å²) in [5, 5.41) is 17.0. The zero-order valence-electron chi connectivity index (χ0n) is 14.1. The standard InChI is InChI=1S/C18H24N4O2/c1-3-22-12(2)16(11-20-22)18(24)21-17(14-9-15(23)10-14)8-13-4-6-19-7-5-13/h4-7,11,14-15,17,23H,3,8-10H2,1-2H3,(H,21,24). The summed E-state index contributed by atoms with van der Waals surface area (Å²) in [5.74, 6) is 0.214. The predicted octanol–water partition coefficient (Wildman–Crippen LogP) is 1.72. The van der Waals surface area contributed by atoms with Gasteiger partial charge in [-0.15, -0.1) is 0 Å². The van der Waals surface area contributed by atoms with Gasteiger partial charge in [0.05, 0.1) is 17.9 Å². The van der Waals surface area contributed by atoms with Gasteiger partial charge in [0, 0.05) is 30.7 Å². The summed E-state index contributed by atoms with van der Waals surface area (Å²) in [6.45, 7) is 4.66. The smallest absolute Gasteiger partial charge is 0.254 e. The van der Waals surface area contributed by atoms with Crippen LogP contribution in [-0.4, -0.2) is 37.9 Å². The second kappa shape index (κ2) is 7.13. The van der Waals surface area contributed by atoms with Gasteiger partial charge in [0.2, 0.25) is 0 Å². The van der Waals surface area contributed by atoms with Crippen LogP contribution >= 0.6 is 0 Å². The molecule has 1 atom stereocenters. The highest BCUT2D eigenvalue weighted by Gasteiger charge is 2.35. The topological polar surface area (TPSA) is 80.0 Å². The first-order chi connectivity index (χ1) is 11.6. The Bertz CT molecular complexity index is 692. The van der Waals surface area contributed by atoms with E-state index in [1.807, 2.05) is 30.7 Å². The lowest BCUT2D eigenvalue weighted by atomic mass is 9.75. The van der Waals surface area contributed by atoms with E-state index in [0.29, 0.717) is 11.5 Å². The number of amides is 1. The molecule has 1 amide bonds. The van der Waals surface area contributed by atoms with Crippen molar-refractivity contribution in [3.63, 3.8) is 0 Å². The fourth-order valence-corrected chi connectivity index (χ4v) is 3.30. The lowest BCUT2D eigenvalue weighted by Crippen LogP contribution is -2.48. The Morgan fingerprint density at radius 1 is 1.42 bits per heavy atom. The van der Waals surface area contributed by atoms with Crippen LogP contribution in [0, 0.1) is 12.8 Å². The van der Waals surface area contributed by atoms with E-state index in [1.54, 1.807) is 18.6 Å². The van der Waals surface area contributed by atoms with Crippen molar-refractivity contribution in [3.05, 3.63) is 47.5 Å². The summed E-state index contributed by atoms with van der Waals surface area (Å²) in [7, 11) is 0. The van der Waals surface area contributed by atoms with Crippen LogP contribution in [0.5, 0.6) is 0 Å². The fraction of sp³-hybridized carbons (Fsp3) is 0.500. The zero-order chi connectivity index (χ0) is 17.1. The molecule has 0 aliphatic heterocycles. The lowest BCUT2D eigenvalue weighted by molar-refractivity contribution is 0.0239. The second-order valence-corrected chi connectivity index (χ2v) is 6.48. The average molecular weight is 328 g/mol. The highest BCUT2D eigenvalue weighted by Crippen LogP contribution is 2.32. The van der Waals surface area contributed by atoms with Gasteiger partial charge in [-0.05, 0) is 56.7 Å². The molecule has 2 heterocycles. The Morgan fingerprint density at radius 3 is 2.71 bits per heavy atom. The molecule has 0 radical (unpaired) electrons. The maximum absolute atomic E-state index is 12.7. The molecule has 1 saturated carbocycles. The largest absolute Gasteiger partial charge is 0.393 e. The van der Waals surface area contributed by atoms with Crippen LogP contribution < -0.4 is 5.32 Å². The molecule has 1 aliphatic rings. The van der Waals surface area contributed by atoms with Crippen molar-refractivity contribution in [2.75, 3.05) is 0 Å². The Hall–Kier alpha value is -2.21. The van der Waals surface area contributed by atoms with Crippen molar-refractivity contribution in [1.82, 2.24) is 20.1 Å². The van der Waals surface area contributed by atoms with Crippen molar-refractivity contribution in [2.45, 2.75) is 51.8 Å². The number of aliphatic hydroxyl groups is 1. The minimum absolute atomic E-state index is 0.00711. The number of hydrogen-bond acceptors (Lipinski definition) is 4. The molecule has 1 aliphatic carbocycles. The number of rotatable bonds is 6.